The quantitative estimate of drug-likeness (QED) is 0.613. The predicted octanol–water partition coefficient (Wildman–Crippen LogP) is 2.81. The highest BCUT2D eigenvalue weighted by Crippen LogP contribution is 2.24. The van der Waals surface area contributed by atoms with Crippen LogP contribution in [0.2, 0.25) is 0 Å². The normalized spacial score (nSPS) is 12.5. The first-order valence-electron chi connectivity index (χ1n) is 8.48. The van der Waals surface area contributed by atoms with Crippen molar-refractivity contribution in [3.8, 4) is 0 Å². The van der Waals surface area contributed by atoms with Gasteiger partial charge in [-0.1, -0.05) is 30.3 Å². The zero-order valence-electron chi connectivity index (χ0n) is 14.8. The molecule has 0 unspecified atom stereocenters. The summed E-state index contributed by atoms with van der Waals surface area (Å²) in [7, 11) is 0. The van der Waals surface area contributed by atoms with Gasteiger partial charge in [0.2, 0.25) is 11.9 Å². The lowest BCUT2D eigenvalue weighted by Crippen LogP contribution is -2.21. The van der Waals surface area contributed by atoms with Crippen LogP contribution in [0.4, 0.5) is 11.9 Å². The molecule has 7 nitrogen and oxygen atoms in total. The number of nitrogens with one attached hydrogen (secondary N) is 2. The minimum absolute atomic E-state index is 0.0225. The number of hydrogen-bond acceptors (Lipinski definition) is 6. The van der Waals surface area contributed by atoms with Gasteiger partial charge in [-0.25, -0.2) is 9.97 Å². The Kier molecular flexibility index (Phi) is 5.14. The maximum Gasteiger partial charge on any atom is 0.225 e. The van der Waals surface area contributed by atoms with E-state index in [1.165, 1.54) is 5.56 Å². The Bertz CT molecular complexity index is 830. The molecule has 0 saturated heterocycles. The molecular formula is C18H24N6O. The summed E-state index contributed by atoms with van der Waals surface area (Å²) < 4.78 is 2.06. The number of imidazole rings is 1. The van der Waals surface area contributed by atoms with Gasteiger partial charge in [0.25, 0.3) is 0 Å². The Morgan fingerprint density at radius 1 is 1.12 bits per heavy atom. The van der Waals surface area contributed by atoms with Gasteiger partial charge in [-0.3, -0.25) is 4.57 Å². The minimum atomic E-state index is -0.108. The molecule has 0 spiro atoms. The van der Waals surface area contributed by atoms with Crippen LogP contribution in [0.1, 0.15) is 32.4 Å². The molecule has 3 rings (SSSR count). The molecule has 132 valence electrons. The first kappa shape index (κ1) is 17.2. The number of aliphatic hydroxyl groups excluding tert-OH is 1. The monoisotopic (exact) mass is 340 g/mol. The standard InChI is InChI=1S/C18H24N6O/c1-12(2)24-16-15(10-19-17(23-16)21-13(3)11-25)22-18(24)20-9-14-7-5-4-6-8-14/h4-8,10,12-13,25H,9,11H2,1-3H3,(H,20,22)(H,19,21,23)/t13-/m0/s1. The molecule has 0 aliphatic heterocycles. The molecule has 0 bridgehead atoms. The van der Waals surface area contributed by atoms with Crippen LogP contribution in [-0.4, -0.2) is 37.3 Å². The average molecular weight is 340 g/mol. The van der Waals surface area contributed by atoms with Crippen LogP contribution in [0.5, 0.6) is 0 Å². The van der Waals surface area contributed by atoms with Gasteiger partial charge in [0.1, 0.15) is 5.52 Å². The second kappa shape index (κ2) is 7.48. The van der Waals surface area contributed by atoms with Crippen molar-refractivity contribution in [2.24, 2.45) is 0 Å². The van der Waals surface area contributed by atoms with Crippen molar-refractivity contribution >= 4 is 23.1 Å². The second-order valence-corrected chi connectivity index (χ2v) is 6.37. The number of rotatable bonds is 7. The summed E-state index contributed by atoms with van der Waals surface area (Å²) in [4.78, 5) is 13.5. The molecule has 3 aromatic rings. The molecular weight excluding hydrogens is 316 g/mol. The molecule has 0 fully saturated rings. The topological polar surface area (TPSA) is 87.9 Å². The van der Waals surface area contributed by atoms with Crippen molar-refractivity contribution in [3.05, 3.63) is 42.1 Å². The summed E-state index contributed by atoms with van der Waals surface area (Å²) in [5, 5.41) is 15.7. The van der Waals surface area contributed by atoms with Crippen molar-refractivity contribution in [1.29, 1.82) is 0 Å². The van der Waals surface area contributed by atoms with Gasteiger partial charge in [-0.05, 0) is 26.3 Å². The lowest BCUT2D eigenvalue weighted by Gasteiger charge is -2.14. The number of aromatic nitrogens is 4. The maximum absolute atomic E-state index is 9.19. The lowest BCUT2D eigenvalue weighted by molar-refractivity contribution is 0.281. The number of benzene rings is 1. The smallest absolute Gasteiger partial charge is 0.225 e. The zero-order chi connectivity index (χ0) is 17.8. The summed E-state index contributed by atoms with van der Waals surface area (Å²) in [5.74, 6) is 1.26. The van der Waals surface area contributed by atoms with Gasteiger partial charge >= 0.3 is 0 Å². The molecule has 2 aromatic heterocycles. The Labute approximate surface area is 147 Å². The zero-order valence-corrected chi connectivity index (χ0v) is 14.8. The summed E-state index contributed by atoms with van der Waals surface area (Å²) in [5.41, 5.74) is 2.70. The van der Waals surface area contributed by atoms with Crippen LogP contribution in [0.3, 0.4) is 0 Å². The van der Waals surface area contributed by atoms with Crippen LogP contribution in [0, 0.1) is 0 Å². The van der Waals surface area contributed by atoms with E-state index in [2.05, 4.69) is 56.1 Å². The van der Waals surface area contributed by atoms with Gasteiger partial charge in [0.15, 0.2) is 5.65 Å². The van der Waals surface area contributed by atoms with Crippen LogP contribution in [-0.2, 0) is 6.54 Å². The average Bonchev–Trinajstić information content (AvgIpc) is 2.98. The van der Waals surface area contributed by atoms with E-state index in [1.54, 1.807) is 6.20 Å². The Morgan fingerprint density at radius 3 is 2.56 bits per heavy atom. The Balaban J connectivity index is 1.91. The maximum atomic E-state index is 9.19. The SMILES string of the molecule is CC(C)n1c(NCc2ccccc2)nc2cnc(N[C@@H](C)CO)nc21. The summed E-state index contributed by atoms with van der Waals surface area (Å²) in [6.07, 6.45) is 1.71. The molecule has 3 N–H and O–H groups in total. The minimum Gasteiger partial charge on any atom is -0.394 e. The van der Waals surface area contributed by atoms with Gasteiger partial charge in [-0.2, -0.15) is 4.98 Å². The Morgan fingerprint density at radius 2 is 1.88 bits per heavy atom. The predicted molar refractivity (Wildman–Crippen MR) is 99.6 cm³/mol. The van der Waals surface area contributed by atoms with E-state index in [4.69, 9.17) is 0 Å². The molecule has 0 aliphatic rings. The third kappa shape index (κ3) is 3.88. The molecule has 2 heterocycles. The van der Waals surface area contributed by atoms with Crippen molar-refractivity contribution < 1.29 is 5.11 Å². The van der Waals surface area contributed by atoms with Gasteiger partial charge in [-0.15, -0.1) is 0 Å². The molecule has 0 saturated carbocycles. The van der Waals surface area contributed by atoms with Crippen molar-refractivity contribution in [2.45, 2.75) is 39.4 Å². The van der Waals surface area contributed by atoms with E-state index in [0.29, 0.717) is 12.5 Å². The number of anilines is 2. The largest absolute Gasteiger partial charge is 0.394 e. The molecule has 1 atom stereocenters. The highest BCUT2D eigenvalue weighted by atomic mass is 16.3. The van der Waals surface area contributed by atoms with Gasteiger partial charge in [0.05, 0.1) is 12.8 Å². The van der Waals surface area contributed by atoms with Crippen LogP contribution < -0.4 is 10.6 Å². The number of fused-ring (bicyclic) bond motifs is 1. The molecule has 25 heavy (non-hydrogen) atoms. The highest BCUT2D eigenvalue weighted by molar-refractivity contribution is 5.75. The molecule has 0 amide bonds. The number of aliphatic hydroxyl groups is 1. The van der Waals surface area contributed by atoms with Crippen molar-refractivity contribution in [2.75, 3.05) is 17.2 Å². The third-order valence-corrected chi connectivity index (χ3v) is 3.89. The van der Waals surface area contributed by atoms with E-state index >= 15 is 0 Å². The fourth-order valence-corrected chi connectivity index (χ4v) is 2.62. The summed E-state index contributed by atoms with van der Waals surface area (Å²) >= 11 is 0. The van der Waals surface area contributed by atoms with E-state index in [0.717, 1.165) is 17.1 Å². The van der Waals surface area contributed by atoms with Crippen LogP contribution in [0.25, 0.3) is 11.2 Å². The molecule has 0 aliphatic carbocycles. The van der Waals surface area contributed by atoms with Crippen LogP contribution >= 0.6 is 0 Å². The lowest BCUT2D eigenvalue weighted by atomic mass is 10.2. The highest BCUT2D eigenvalue weighted by Gasteiger charge is 2.16. The second-order valence-electron chi connectivity index (χ2n) is 6.37. The van der Waals surface area contributed by atoms with E-state index in [9.17, 15) is 5.11 Å². The molecule has 1 aromatic carbocycles. The van der Waals surface area contributed by atoms with E-state index < -0.39 is 0 Å². The first-order valence-corrected chi connectivity index (χ1v) is 8.48. The number of nitrogens with zero attached hydrogens (tertiary/aromatic N) is 4. The summed E-state index contributed by atoms with van der Waals surface area (Å²) in [6.45, 7) is 6.78. The fraction of sp³-hybridized carbons (Fsp3) is 0.389. The van der Waals surface area contributed by atoms with Crippen LogP contribution in [0.15, 0.2) is 36.5 Å². The van der Waals surface area contributed by atoms with Crippen molar-refractivity contribution in [3.63, 3.8) is 0 Å². The third-order valence-electron chi connectivity index (χ3n) is 3.89. The van der Waals surface area contributed by atoms with E-state index in [1.807, 2.05) is 25.1 Å². The van der Waals surface area contributed by atoms with Crippen molar-refractivity contribution in [1.82, 2.24) is 19.5 Å². The fourth-order valence-electron chi connectivity index (χ4n) is 2.62. The van der Waals surface area contributed by atoms with Gasteiger partial charge in [0, 0.05) is 18.6 Å². The molecule has 7 heteroatoms. The Hall–Kier alpha value is -2.67. The summed E-state index contributed by atoms with van der Waals surface area (Å²) in [6, 6.07) is 10.3. The molecule has 0 radical (unpaired) electrons. The first-order chi connectivity index (χ1) is 12.1. The van der Waals surface area contributed by atoms with E-state index in [-0.39, 0.29) is 18.7 Å². The van der Waals surface area contributed by atoms with Gasteiger partial charge < -0.3 is 15.7 Å². The number of hydrogen-bond donors (Lipinski definition) is 3.